The Morgan fingerprint density at radius 1 is 1.39 bits per heavy atom. The molecule has 23 heavy (non-hydrogen) atoms. The molecule has 8 nitrogen and oxygen atoms in total. The summed E-state index contributed by atoms with van der Waals surface area (Å²) in [7, 11) is 0. The summed E-state index contributed by atoms with van der Waals surface area (Å²) in [4.78, 5) is 48.1. The number of carbonyl (C=O) groups is 4. The van der Waals surface area contributed by atoms with E-state index in [1.807, 2.05) is 0 Å². The van der Waals surface area contributed by atoms with E-state index in [4.69, 9.17) is 5.11 Å². The highest BCUT2D eigenvalue weighted by molar-refractivity contribution is 6.09. The highest BCUT2D eigenvalue weighted by Gasteiger charge is 2.52. The maximum Gasteiger partial charge on any atom is 0.325 e. The first-order chi connectivity index (χ1) is 10.8. The molecule has 2 rings (SSSR count). The van der Waals surface area contributed by atoms with Gasteiger partial charge in [-0.05, 0) is 38.5 Å². The standard InChI is InChI=1S/C15H23N3O5/c1-3-10-4-6-15(7-5-10)13(22)18(14(23)17-15)8-11(19)16-9(2)12(20)21/h9-10H,3-8H2,1-2H3,(H,16,19)(H,17,23)(H,20,21)/t9-,10?,15?/m0/s1. The fourth-order valence-corrected chi connectivity index (χ4v) is 3.23. The summed E-state index contributed by atoms with van der Waals surface area (Å²) in [5.74, 6) is -1.65. The molecule has 0 bridgehead atoms. The molecule has 0 aromatic heterocycles. The van der Waals surface area contributed by atoms with Gasteiger partial charge in [0.2, 0.25) is 5.91 Å². The number of hydrogen-bond acceptors (Lipinski definition) is 4. The predicted octanol–water partition coefficient (Wildman–Crippen LogP) is 0.467. The van der Waals surface area contributed by atoms with Crippen molar-refractivity contribution in [3.63, 3.8) is 0 Å². The zero-order chi connectivity index (χ0) is 17.2. The van der Waals surface area contributed by atoms with Gasteiger partial charge < -0.3 is 15.7 Å². The van der Waals surface area contributed by atoms with Crippen LogP contribution in [0.2, 0.25) is 0 Å². The lowest BCUT2D eigenvalue weighted by Crippen LogP contribution is -2.50. The van der Waals surface area contributed by atoms with E-state index >= 15 is 0 Å². The number of hydrogen-bond donors (Lipinski definition) is 3. The van der Waals surface area contributed by atoms with Gasteiger partial charge in [-0.1, -0.05) is 13.3 Å². The Bertz CT molecular complexity index is 525. The van der Waals surface area contributed by atoms with Crippen LogP contribution in [0, 0.1) is 5.92 Å². The summed E-state index contributed by atoms with van der Waals surface area (Å²) in [6, 6.07) is -1.65. The largest absolute Gasteiger partial charge is 0.480 e. The number of rotatable bonds is 5. The Balaban J connectivity index is 1.99. The van der Waals surface area contributed by atoms with Crippen molar-refractivity contribution in [1.82, 2.24) is 15.5 Å². The molecule has 8 heteroatoms. The van der Waals surface area contributed by atoms with Gasteiger partial charge >= 0.3 is 12.0 Å². The second-order valence-electron chi connectivity index (χ2n) is 6.38. The van der Waals surface area contributed by atoms with E-state index in [-0.39, 0.29) is 5.91 Å². The van der Waals surface area contributed by atoms with Crippen LogP contribution in [0.15, 0.2) is 0 Å². The molecule has 1 aliphatic carbocycles. The smallest absolute Gasteiger partial charge is 0.325 e. The molecule has 0 aromatic carbocycles. The SMILES string of the molecule is CCC1CCC2(CC1)NC(=O)N(CC(=O)N[C@@H](C)C(=O)O)C2=O. The number of carboxylic acids is 1. The van der Waals surface area contributed by atoms with Crippen molar-refractivity contribution < 1.29 is 24.3 Å². The monoisotopic (exact) mass is 325 g/mol. The quantitative estimate of drug-likeness (QED) is 0.635. The van der Waals surface area contributed by atoms with Crippen LogP contribution in [0.25, 0.3) is 0 Å². The summed E-state index contributed by atoms with van der Waals surface area (Å²) in [5, 5.41) is 13.7. The van der Waals surface area contributed by atoms with Crippen molar-refractivity contribution in [3.8, 4) is 0 Å². The van der Waals surface area contributed by atoms with E-state index in [0.717, 1.165) is 24.2 Å². The number of nitrogens with one attached hydrogen (secondary N) is 2. The normalized spacial score (nSPS) is 28.6. The van der Waals surface area contributed by atoms with E-state index in [2.05, 4.69) is 17.6 Å². The van der Waals surface area contributed by atoms with Gasteiger partial charge in [0.1, 0.15) is 18.1 Å². The number of amides is 4. The third-order valence-corrected chi connectivity index (χ3v) is 4.83. The molecule has 3 N–H and O–H groups in total. The Morgan fingerprint density at radius 3 is 2.52 bits per heavy atom. The molecular formula is C15H23N3O5. The fourth-order valence-electron chi connectivity index (χ4n) is 3.23. The summed E-state index contributed by atoms with van der Waals surface area (Å²) in [5.41, 5.74) is -0.887. The van der Waals surface area contributed by atoms with Crippen LogP contribution >= 0.6 is 0 Å². The number of nitrogens with zero attached hydrogens (tertiary/aromatic N) is 1. The first-order valence-electron chi connectivity index (χ1n) is 7.95. The average Bonchev–Trinajstić information content (AvgIpc) is 2.72. The molecule has 2 fully saturated rings. The lowest BCUT2D eigenvalue weighted by Gasteiger charge is -2.34. The minimum Gasteiger partial charge on any atom is -0.480 e. The van der Waals surface area contributed by atoms with Crippen LogP contribution in [0.5, 0.6) is 0 Å². The van der Waals surface area contributed by atoms with Gasteiger partial charge in [-0.3, -0.25) is 19.3 Å². The van der Waals surface area contributed by atoms with Crippen molar-refractivity contribution in [1.29, 1.82) is 0 Å². The fraction of sp³-hybridized carbons (Fsp3) is 0.733. The van der Waals surface area contributed by atoms with E-state index in [0.29, 0.717) is 18.8 Å². The zero-order valence-electron chi connectivity index (χ0n) is 13.4. The predicted molar refractivity (Wildman–Crippen MR) is 80.5 cm³/mol. The summed E-state index contributed by atoms with van der Waals surface area (Å²) in [6.07, 6.45) is 3.97. The Labute approximate surface area is 134 Å². The van der Waals surface area contributed by atoms with E-state index < -0.39 is 36.0 Å². The second kappa shape index (κ2) is 6.55. The Morgan fingerprint density at radius 2 is 2.00 bits per heavy atom. The zero-order valence-corrected chi connectivity index (χ0v) is 13.4. The van der Waals surface area contributed by atoms with Crippen LogP contribution < -0.4 is 10.6 Å². The van der Waals surface area contributed by atoms with Gasteiger partial charge in [-0.25, -0.2) is 4.79 Å². The molecule has 1 saturated heterocycles. The maximum absolute atomic E-state index is 12.6. The van der Waals surface area contributed by atoms with Gasteiger partial charge in [0.05, 0.1) is 0 Å². The number of imide groups is 1. The highest BCUT2D eigenvalue weighted by atomic mass is 16.4. The molecule has 128 valence electrons. The lowest BCUT2D eigenvalue weighted by molar-refractivity contribution is -0.141. The van der Waals surface area contributed by atoms with Crippen molar-refractivity contribution >= 4 is 23.8 Å². The minimum absolute atomic E-state index is 0.379. The Kier molecular flexibility index (Phi) is 4.91. The molecule has 0 unspecified atom stereocenters. The molecule has 1 aliphatic heterocycles. The number of carbonyl (C=O) groups excluding carboxylic acids is 3. The van der Waals surface area contributed by atoms with E-state index in [1.165, 1.54) is 6.92 Å². The average molecular weight is 325 g/mol. The maximum atomic E-state index is 12.6. The minimum atomic E-state index is -1.18. The van der Waals surface area contributed by atoms with E-state index in [9.17, 15) is 19.2 Å². The molecule has 0 radical (unpaired) electrons. The van der Waals surface area contributed by atoms with Crippen LogP contribution in [0.3, 0.4) is 0 Å². The third kappa shape index (κ3) is 3.46. The number of carboxylic acid groups (broad SMARTS) is 1. The second-order valence-corrected chi connectivity index (χ2v) is 6.38. The van der Waals surface area contributed by atoms with Gasteiger partial charge in [0, 0.05) is 0 Å². The first-order valence-corrected chi connectivity index (χ1v) is 7.95. The first kappa shape index (κ1) is 17.2. The van der Waals surface area contributed by atoms with Crippen LogP contribution in [0.4, 0.5) is 4.79 Å². The van der Waals surface area contributed by atoms with Crippen molar-refractivity contribution in [2.24, 2.45) is 5.92 Å². The summed E-state index contributed by atoms with van der Waals surface area (Å²) in [6.45, 7) is 2.97. The molecule has 1 spiro atoms. The topological polar surface area (TPSA) is 116 Å². The summed E-state index contributed by atoms with van der Waals surface area (Å²) >= 11 is 0. The molecule has 0 aromatic rings. The van der Waals surface area contributed by atoms with Gasteiger partial charge in [0.15, 0.2) is 0 Å². The highest BCUT2D eigenvalue weighted by Crippen LogP contribution is 2.37. The van der Waals surface area contributed by atoms with Gasteiger partial charge in [-0.15, -0.1) is 0 Å². The van der Waals surface area contributed by atoms with Gasteiger partial charge in [-0.2, -0.15) is 0 Å². The number of urea groups is 1. The van der Waals surface area contributed by atoms with Crippen LogP contribution in [-0.2, 0) is 14.4 Å². The van der Waals surface area contributed by atoms with Crippen molar-refractivity contribution in [3.05, 3.63) is 0 Å². The number of aliphatic carboxylic acids is 1. The van der Waals surface area contributed by atoms with Crippen molar-refractivity contribution in [2.75, 3.05) is 6.54 Å². The molecular weight excluding hydrogens is 302 g/mol. The molecule has 1 heterocycles. The van der Waals surface area contributed by atoms with E-state index in [1.54, 1.807) is 0 Å². The van der Waals surface area contributed by atoms with Crippen LogP contribution in [-0.4, -0.2) is 51.9 Å². The molecule has 1 atom stereocenters. The van der Waals surface area contributed by atoms with Gasteiger partial charge in [0.25, 0.3) is 5.91 Å². The lowest BCUT2D eigenvalue weighted by atomic mass is 9.75. The third-order valence-electron chi connectivity index (χ3n) is 4.83. The Hall–Kier alpha value is -2.12. The molecule has 4 amide bonds. The van der Waals surface area contributed by atoms with Crippen LogP contribution in [0.1, 0.15) is 46.0 Å². The van der Waals surface area contributed by atoms with Crippen molar-refractivity contribution in [2.45, 2.75) is 57.5 Å². The molecule has 1 saturated carbocycles. The summed E-state index contributed by atoms with van der Waals surface area (Å²) < 4.78 is 0. The molecule has 2 aliphatic rings.